The van der Waals surface area contributed by atoms with Crippen LogP contribution < -0.4 is 5.56 Å². The highest BCUT2D eigenvalue weighted by Crippen LogP contribution is 2.13. The van der Waals surface area contributed by atoms with Crippen molar-refractivity contribution in [1.29, 1.82) is 0 Å². The summed E-state index contributed by atoms with van der Waals surface area (Å²) < 4.78 is 1.12. The highest BCUT2D eigenvalue weighted by atomic mass is 16.6. The molecule has 0 saturated carbocycles. The van der Waals surface area contributed by atoms with Crippen LogP contribution in [-0.4, -0.2) is 26.5 Å². The molecule has 4 aromatic rings. The molecule has 0 spiro atoms. The molecule has 0 aliphatic rings. The monoisotopic (exact) mass is 441 g/mol. The largest absolute Gasteiger partial charge is 0.387 e. The van der Waals surface area contributed by atoms with Crippen molar-refractivity contribution in [3.8, 4) is 0 Å². The van der Waals surface area contributed by atoms with Gasteiger partial charge in [0.15, 0.2) is 12.4 Å². The Bertz CT molecular complexity index is 1430. The first kappa shape index (κ1) is 21.6. The third kappa shape index (κ3) is 4.99. The van der Waals surface area contributed by atoms with Gasteiger partial charge in [0.2, 0.25) is 0 Å². The second-order valence-corrected chi connectivity index (χ2v) is 7.07. The van der Waals surface area contributed by atoms with Gasteiger partial charge in [0.05, 0.1) is 27.8 Å². The summed E-state index contributed by atoms with van der Waals surface area (Å²) >= 11 is 0. The molecule has 1 aromatic heterocycles. The first-order chi connectivity index (χ1) is 16.0. The van der Waals surface area contributed by atoms with E-state index in [2.05, 4.69) is 15.2 Å². The summed E-state index contributed by atoms with van der Waals surface area (Å²) in [6, 6.07) is 22.4. The number of hydrogen-bond donors (Lipinski definition) is 0. The van der Waals surface area contributed by atoms with Gasteiger partial charge in [-0.25, -0.2) is 4.98 Å². The zero-order valence-corrected chi connectivity index (χ0v) is 17.7. The predicted molar refractivity (Wildman–Crippen MR) is 126 cm³/mol. The minimum absolute atomic E-state index is 0.0720. The van der Waals surface area contributed by atoms with Crippen LogP contribution in [0.4, 0.5) is 5.69 Å². The molecule has 0 unspecified atom stereocenters. The van der Waals surface area contributed by atoms with Gasteiger partial charge in [0.1, 0.15) is 0 Å². The number of non-ortho nitro benzene ring substituents is 1. The van der Waals surface area contributed by atoms with Crippen molar-refractivity contribution in [3.63, 3.8) is 0 Å². The third-order valence-corrected chi connectivity index (χ3v) is 4.81. The van der Waals surface area contributed by atoms with E-state index in [9.17, 15) is 14.9 Å². The van der Waals surface area contributed by atoms with Gasteiger partial charge < -0.3 is 4.84 Å². The van der Waals surface area contributed by atoms with Gasteiger partial charge in [0.25, 0.3) is 11.2 Å². The second kappa shape index (κ2) is 9.65. The SMILES string of the molecule is C/C(=N/OCc1nc2ccccc2c(=O)n1/N=C\c1cccc([N+](=O)[O-])c1)c1ccccc1. The van der Waals surface area contributed by atoms with Crippen LogP contribution in [0.25, 0.3) is 10.9 Å². The van der Waals surface area contributed by atoms with Crippen molar-refractivity contribution in [3.05, 3.63) is 116 Å². The van der Waals surface area contributed by atoms with E-state index in [0.717, 1.165) is 10.2 Å². The van der Waals surface area contributed by atoms with Gasteiger partial charge in [-0.2, -0.15) is 9.78 Å². The molecule has 0 atom stereocenters. The minimum Gasteiger partial charge on any atom is -0.387 e. The molecule has 0 aliphatic heterocycles. The van der Waals surface area contributed by atoms with Crippen LogP contribution >= 0.6 is 0 Å². The van der Waals surface area contributed by atoms with Crippen LogP contribution in [0.15, 0.2) is 93.9 Å². The number of aromatic nitrogens is 2. The maximum absolute atomic E-state index is 13.1. The second-order valence-electron chi connectivity index (χ2n) is 7.07. The molecule has 9 heteroatoms. The van der Waals surface area contributed by atoms with Gasteiger partial charge in [-0.05, 0) is 24.6 Å². The molecular formula is C24H19N5O4. The Labute approximate surface area is 188 Å². The van der Waals surface area contributed by atoms with Crippen molar-refractivity contribution in [1.82, 2.24) is 9.66 Å². The smallest absolute Gasteiger partial charge is 0.282 e. The molecule has 0 amide bonds. The maximum atomic E-state index is 13.1. The molecule has 164 valence electrons. The third-order valence-electron chi connectivity index (χ3n) is 4.81. The van der Waals surface area contributed by atoms with E-state index in [4.69, 9.17) is 4.84 Å². The summed E-state index contributed by atoms with van der Waals surface area (Å²) in [5, 5.41) is 19.8. The number of oxime groups is 1. The first-order valence-corrected chi connectivity index (χ1v) is 10.0. The number of nitrogens with zero attached hydrogens (tertiary/aromatic N) is 5. The van der Waals surface area contributed by atoms with E-state index >= 15 is 0 Å². The summed E-state index contributed by atoms with van der Waals surface area (Å²) in [5.74, 6) is 0.241. The number of nitro benzene ring substituents is 1. The summed E-state index contributed by atoms with van der Waals surface area (Å²) in [6.07, 6.45) is 1.37. The zero-order chi connectivity index (χ0) is 23.2. The van der Waals surface area contributed by atoms with E-state index in [1.807, 2.05) is 37.3 Å². The molecular weight excluding hydrogens is 422 g/mol. The zero-order valence-electron chi connectivity index (χ0n) is 17.7. The summed E-state index contributed by atoms with van der Waals surface area (Å²) in [7, 11) is 0. The number of para-hydroxylation sites is 1. The molecule has 0 saturated heterocycles. The van der Waals surface area contributed by atoms with Gasteiger partial charge in [-0.1, -0.05) is 59.8 Å². The Balaban J connectivity index is 1.68. The van der Waals surface area contributed by atoms with E-state index < -0.39 is 4.92 Å². The van der Waals surface area contributed by atoms with E-state index in [1.165, 1.54) is 18.3 Å². The van der Waals surface area contributed by atoms with Crippen molar-refractivity contribution < 1.29 is 9.76 Å². The molecule has 0 bridgehead atoms. The number of fused-ring (bicyclic) bond motifs is 1. The number of nitro groups is 1. The number of hydrogen-bond acceptors (Lipinski definition) is 7. The van der Waals surface area contributed by atoms with E-state index in [-0.39, 0.29) is 23.7 Å². The highest BCUT2D eigenvalue weighted by molar-refractivity contribution is 5.98. The van der Waals surface area contributed by atoms with Gasteiger partial charge in [-0.3, -0.25) is 14.9 Å². The van der Waals surface area contributed by atoms with Gasteiger partial charge in [0, 0.05) is 17.7 Å². The van der Waals surface area contributed by atoms with Gasteiger partial charge in [-0.15, -0.1) is 0 Å². The number of rotatable bonds is 7. The van der Waals surface area contributed by atoms with Crippen LogP contribution in [0.1, 0.15) is 23.9 Å². The average Bonchev–Trinajstić information content (AvgIpc) is 2.84. The summed E-state index contributed by atoms with van der Waals surface area (Å²) in [6.45, 7) is 1.72. The van der Waals surface area contributed by atoms with Crippen LogP contribution in [0.3, 0.4) is 0 Å². The average molecular weight is 441 g/mol. The van der Waals surface area contributed by atoms with E-state index in [0.29, 0.717) is 22.2 Å². The summed E-state index contributed by atoms with van der Waals surface area (Å²) in [4.78, 5) is 33.6. The summed E-state index contributed by atoms with van der Waals surface area (Å²) in [5.41, 5.74) is 2.10. The van der Waals surface area contributed by atoms with Gasteiger partial charge >= 0.3 is 0 Å². The van der Waals surface area contributed by atoms with Crippen LogP contribution in [0, 0.1) is 10.1 Å². The fraction of sp³-hybridized carbons (Fsp3) is 0.0833. The van der Waals surface area contributed by atoms with Crippen molar-refractivity contribution in [2.75, 3.05) is 0 Å². The van der Waals surface area contributed by atoms with Crippen LogP contribution in [0.5, 0.6) is 0 Å². The Morgan fingerprint density at radius 3 is 2.64 bits per heavy atom. The normalized spacial score (nSPS) is 11.7. The lowest BCUT2D eigenvalue weighted by molar-refractivity contribution is -0.384. The van der Waals surface area contributed by atoms with Crippen molar-refractivity contribution in [2.45, 2.75) is 13.5 Å². The molecule has 0 aliphatic carbocycles. The predicted octanol–water partition coefficient (Wildman–Crippen LogP) is 4.13. The molecule has 0 N–H and O–H groups in total. The van der Waals surface area contributed by atoms with Crippen molar-refractivity contribution in [2.24, 2.45) is 10.3 Å². The lowest BCUT2D eigenvalue weighted by Crippen LogP contribution is -2.22. The molecule has 33 heavy (non-hydrogen) atoms. The van der Waals surface area contributed by atoms with Crippen molar-refractivity contribution >= 4 is 28.5 Å². The van der Waals surface area contributed by atoms with Crippen LogP contribution in [-0.2, 0) is 11.4 Å². The lowest BCUT2D eigenvalue weighted by Gasteiger charge is -2.09. The fourth-order valence-electron chi connectivity index (χ4n) is 3.14. The topological polar surface area (TPSA) is 112 Å². The number of benzene rings is 3. The molecule has 9 nitrogen and oxygen atoms in total. The molecule has 3 aromatic carbocycles. The Morgan fingerprint density at radius 2 is 1.85 bits per heavy atom. The molecule has 0 fully saturated rings. The maximum Gasteiger partial charge on any atom is 0.282 e. The minimum atomic E-state index is -0.493. The quantitative estimate of drug-likeness (QED) is 0.243. The Hall–Kier alpha value is -4.66. The highest BCUT2D eigenvalue weighted by Gasteiger charge is 2.11. The van der Waals surface area contributed by atoms with E-state index in [1.54, 1.807) is 36.4 Å². The lowest BCUT2D eigenvalue weighted by atomic mass is 10.1. The standard InChI is InChI=1S/C24H19N5O4/c1-17(19-9-3-2-4-10-19)27-33-16-23-26-22-13-6-5-12-21(22)24(30)28(23)25-15-18-8-7-11-20(14-18)29(31)32/h2-15H,16H2,1H3/b25-15-,27-17-. The van der Waals surface area contributed by atoms with Crippen LogP contribution in [0.2, 0.25) is 0 Å². The molecule has 0 radical (unpaired) electrons. The first-order valence-electron chi connectivity index (χ1n) is 10.0. The molecule has 1 heterocycles. The molecule has 4 rings (SSSR count). The Morgan fingerprint density at radius 1 is 1.09 bits per heavy atom. The Kier molecular flexibility index (Phi) is 6.31. The fourth-order valence-corrected chi connectivity index (χ4v) is 3.14.